The molecule has 0 N–H and O–H groups in total. The van der Waals surface area contributed by atoms with Gasteiger partial charge in [-0.15, -0.1) is 0 Å². The van der Waals surface area contributed by atoms with Crippen molar-refractivity contribution in [2.75, 3.05) is 27.9 Å². The Morgan fingerprint density at radius 1 is 1.11 bits per heavy atom. The predicted octanol–water partition coefficient (Wildman–Crippen LogP) is 3.48. The number of rotatable bonds is 7. The lowest BCUT2D eigenvalue weighted by atomic mass is 9.94. The van der Waals surface area contributed by atoms with E-state index in [2.05, 4.69) is 4.99 Å². The van der Waals surface area contributed by atoms with E-state index in [0.29, 0.717) is 42.9 Å². The summed E-state index contributed by atoms with van der Waals surface area (Å²) < 4.78 is 23.5. The number of hydrogen-bond acceptors (Lipinski definition) is 8. The van der Waals surface area contributed by atoms with Crippen molar-refractivity contribution in [2.24, 2.45) is 4.99 Å². The van der Waals surface area contributed by atoms with Crippen molar-refractivity contribution < 1.29 is 23.7 Å². The molecule has 10 heteroatoms. The van der Waals surface area contributed by atoms with Crippen molar-refractivity contribution in [3.05, 3.63) is 83.5 Å². The summed E-state index contributed by atoms with van der Waals surface area (Å²) in [4.78, 5) is 31.9. The average Bonchev–Trinajstić information content (AvgIpc) is 3.17. The number of fused-ring (bicyclic) bond motifs is 1. The third kappa shape index (κ3) is 4.64. The minimum absolute atomic E-state index is 0.181. The molecule has 1 atom stereocenters. The molecule has 0 saturated carbocycles. The van der Waals surface area contributed by atoms with Crippen LogP contribution in [0.25, 0.3) is 6.08 Å². The van der Waals surface area contributed by atoms with Crippen LogP contribution < -0.4 is 29.1 Å². The maximum atomic E-state index is 13.8. The number of ether oxygens (including phenoxy) is 4. The maximum absolute atomic E-state index is 13.8. The Kier molecular flexibility index (Phi) is 7.51. The molecular formula is C26H25ClN2O6S. The van der Waals surface area contributed by atoms with E-state index < -0.39 is 12.0 Å². The summed E-state index contributed by atoms with van der Waals surface area (Å²) in [5, 5.41) is 0.429. The van der Waals surface area contributed by atoms with Crippen LogP contribution in [0.1, 0.15) is 31.0 Å². The second-order valence-corrected chi connectivity index (χ2v) is 9.22. The van der Waals surface area contributed by atoms with Gasteiger partial charge in [-0.2, -0.15) is 0 Å². The zero-order valence-corrected chi connectivity index (χ0v) is 22.0. The van der Waals surface area contributed by atoms with Crippen LogP contribution in [0.5, 0.6) is 17.2 Å². The van der Waals surface area contributed by atoms with Crippen molar-refractivity contribution in [1.82, 2.24) is 4.57 Å². The Morgan fingerprint density at radius 2 is 1.83 bits per heavy atom. The SMILES string of the molecule is CCOC(=O)C1=C(C)N=c2s/c(=C/c3ccc(OC)c(Cl)c3)c(=O)n2[C@@H]1c1cc(OC)ccc1OC. The molecular weight excluding hydrogens is 504 g/mol. The zero-order chi connectivity index (χ0) is 26.0. The van der Waals surface area contributed by atoms with Gasteiger partial charge in [-0.1, -0.05) is 29.0 Å². The molecule has 8 nitrogen and oxygen atoms in total. The third-order valence-corrected chi connectivity index (χ3v) is 7.00. The highest BCUT2D eigenvalue weighted by atomic mass is 35.5. The van der Waals surface area contributed by atoms with Gasteiger partial charge < -0.3 is 18.9 Å². The molecule has 1 aromatic heterocycles. The number of nitrogens with zero attached hydrogens (tertiary/aromatic N) is 2. The van der Waals surface area contributed by atoms with Gasteiger partial charge in [0.05, 0.1) is 48.8 Å². The van der Waals surface area contributed by atoms with E-state index >= 15 is 0 Å². The van der Waals surface area contributed by atoms with Crippen molar-refractivity contribution >= 4 is 35.0 Å². The molecule has 2 heterocycles. The largest absolute Gasteiger partial charge is 0.497 e. The highest BCUT2D eigenvalue weighted by molar-refractivity contribution is 7.07. The molecule has 1 aliphatic heterocycles. The Bertz CT molecular complexity index is 1540. The van der Waals surface area contributed by atoms with Gasteiger partial charge in [0.1, 0.15) is 23.3 Å². The molecule has 2 aromatic carbocycles. The van der Waals surface area contributed by atoms with E-state index in [1.54, 1.807) is 63.4 Å². The predicted molar refractivity (Wildman–Crippen MR) is 138 cm³/mol. The normalized spacial score (nSPS) is 15.3. The number of esters is 1. The van der Waals surface area contributed by atoms with Crippen molar-refractivity contribution in [1.29, 1.82) is 0 Å². The minimum atomic E-state index is -0.827. The number of halogens is 1. The molecule has 1 aliphatic rings. The van der Waals surface area contributed by atoms with E-state index in [-0.39, 0.29) is 17.7 Å². The van der Waals surface area contributed by atoms with Crippen LogP contribution in [0.15, 0.2) is 57.5 Å². The van der Waals surface area contributed by atoms with Crippen molar-refractivity contribution in [3.8, 4) is 17.2 Å². The Morgan fingerprint density at radius 3 is 2.47 bits per heavy atom. The highest BCUT2D eigenvalue weighted by Crippen LogP contribution is 2.37. The fourth-order valence-electron chi connectivity index (χ4n) is 4.06. The molecule has 0 radical (unpaired) electrons. The molecule has 3 aromatic rings. The van der Waals surface area contributed by atoms with E-state index in [1.165, 1.54) is 30.1 Å². The lowest BCUT2D eigenvalue weighted by molar-refractivity contribution is -0.139. The van der Waals surface area contributed by atoms with Gasteiger partial charge in [0.15, 0.2) is 4.80 Å². The second kappa shape index (κ2) is 10.6. The molecule has 4 rings (SSSR count). The first-order chi connectivity index (χ1) is 17.3. The Balaban J connectivity index is 1.99. The smallest absolute Gasteiger partial charge is 0.338 e. The quantitative estimate of drug-likeness (QED) is 0.436. The van der Waals surface area contributed by atoms with Crippen LogP contribution in [0.2, 0.25) is 5.02 Å². The van der Waals surface area contributed by atoms with Gasteiger partial charge in [-0.05, 0) is 55.8 Å². The molecule has 36 heavy (non-hydrogen) atoms. The molecule has 0 bridgehead atoms. The fourth-order valence-corrected chi connectivity index (χ4v) is 5.38. The first-order valence-corrected chi connectivity index (χ1v) is 12.3. The van der Waals surface area contributed by atoms with Crippen molar-refractivity contribution in [3.63, 3.8) is 0 Å². The summed E-state index contributed by atoms with van der Waals surface area (Å²) in [5.41, 5.74) is 1.71. The van der Waals surface area contributed by atoms with E-state index in [0.717, 1.165) is 5.56 Å². The molecule has 0 fully saturated rings. The van der Waals surface area contributed by atoms with Crippen LogP contribution in [0.4, 0.5) is 0 Å². The van der Waals surface area contributed by atoms with Gasteiger partial charge in [-0.3, -0.25) is 9.36 Å². The highest BCUT2D eigenvalue weighted by Gasteiger charge is 2.35. The van der Waals surface area contributed by atoms with E-state index in [4.69, 9.17) is 30.5 Å². The molecule has 0 saturated heterocycles. The number of methoxy groups -OCH3 is 3. The monoisotopic (exact) mass is 528 g/mol. The van der Waals surface area contributed by atoms with Crippen LogP contribution in [0.3, 0.4) is 0 Å². The Labute approximate surface area is 216 Å². The summed E-state index contributed by atoms with van der Waals surface area (Å²) in [7, 11) is 4.61. The summed E-state index contributed by atoms with van der Waals surface area (Å²) >= 11 is 7.50. The van der Waals surface area contributed by atoms with E-state index in [1.807, 2.05) is 0 Å². The first-order valence-electron chi connectivity index (χ1n) is 11.1. The number of aromatic nitrogens is 1. The molecule has 0 amide bonds. The zero-order valence-electron chi connectivity index (χ0n) is 20.5. The number of hydrogen-bond donors (Lipinski definition) is 0. The number of thiazole rings is 1. The molecule has 188 valence electrons. The lowest BCUT2D eigenvalue weighted by Gasteiger charge is -2.26. The standard InChI is InChI=1S/C26H25ClN2O6S/c1-6-35-25(31)22-14(2)28-26-29(23(22)17-13-16(32-3)8-10-19(17)33-4)24(30)21(36-26)12-15-7-9-20(34-5)18(27)11-15/h7-13,23H,6H2,1-5H3/b21-12+/t23-/m1/s1. The van der Waals surface area contributed by atoms with Gasteiger partial charge in [0.2, 0.25) is 0 Å². The van der Waals surface area contributed by atoms with Crippen LogP contribution in [0, 0.1) is 0 Å². The second-order valence-electron chi connectivity index (χ2n) is 7.80. The van der Waals surface area contributed by atoms with Gasteiger partial charge in [0, 0.05) is 5.56 Å². The Hall–Kier alpha value is -3.56. The minimum Gasteiger partial charge on any atom is -0.497 e. The number of allylic oxidation sites excluding steroid dienone is 1. The number of benzene rings is 2. The van der Waals surface area contributed by atoms with Gasteiger partial charge in [-0.25, -0.2) is 9.79 Å². The molecule has 0 spiro atoms. The van der Waals surface area contributed by atoms with Gasteiger partial charge in [0.25, 0.3) is 5.56 Å². The number of carbonyl (C=O) groups excluding carboxylic acids is 1. The summed E-state index contributed by atoms with van der Waals surface area (Å²) in [6.45, 7) is 3.64. The van der Waals surface area contributed by atoms with E-state index in [9.17, 15) is 9.59 Å². The fraction of sp³-hybridized carbons (Fsp3) is 0.269. The molecule has 0 unspecified atom stereocenters. The van der Waals surface area contributed by atoms with Crippen molar-refractivity contribution in [2.45, 2.75) is 19.9 Å². The summed E-state index contributed by atoms with van der Waals surface area (Å²) in [6.07, 6.45) is 1.73. The molecule has 0 aliphatic carbocycles. The lowest BCUT2D eigenvalue weighted by Crippen LogP contribution is -2.40. The number of carbonyl (C=O) groups is 1. The summed E-state index contributed by atoms with van der Waals surface area (Å²) in [5.74, 6) is 1.03. The average molecular weight is 529 g/mol. The van der Waals surface area contributed by atoms with Crippen LogP contribution in [-0.4, -0.2) is 38.5 Å². The third-order valence-electron chi connectivity index (χ3n) is 5.72. The van der Waals surface area contributed by atoms with Crippen LogP contribution in [-0.2, 0) is 9.53 Å². The maximum Gasteiger partial charge on any atom is 0.338 e. The first kappa shape index (κ1) is 25.5. The van der Waals surface area contributed by atoms with Crippen LogP contribution >= 0.6 is 22.9 Å². The van der Waals surface area contributed by atoms with Gasteiger partial charge >= 0.3 is 5.97 Å². The summed E-state index contributed by atoms with van der Waals surface area (Å²) in [6, 6.07) is 9.67. The topological polar surface area (TPSA) is 88.4 Å².